The average molecular weight is 283 g/mol. The second-order valence-electron chi connectivity index (χ2n) is 4.42. The van der Waals surface area contributed by atoms with E-state index in [-0.39, 0.29) is 42.0 Å². The number of carbonyl (C=O) groups excluding carboxylic acids is 2. The molecule has 0 N–H and O–H groups in total. The third-order valence-electron chi connectivity index (χ3n) is 3.33. The number of aromatic nitrogens is 2. The number of hydrogen-bond donors (Lipinski definition) is 0. The van der Waals surface area contributed by atoms with E-state index < -0.39 is 18.2 Å². The number of carboxylic acids is 1. The summed E-state index contributed by atoms with van der Waals surface area (Å²) in [5.41, 5.74) is 1.16. The van der Waals surface area contributed by atoms with E-state index in [1.165, 1.54) is 9.47 Å². The van der Waals surface area contributed by atoms with Crippen molar-refractivity contribution in [2.24, 2.45) is 0 Å². The molecule has 1 amide bonds. The SMILES string of the molecule is CN1C(=O)Cn2c(=O)n(CC(=O)[O-])c3cccc1c32.[Na+]. The Morgan fingerprint density at radius 1 is 1.35 bits per heavy atom. The van der Waals surface area contributed by atoms with E-state index in [4.69, 9.17) is 0 Å². The van der Waals surface area contributed by atoms with Crippen LogP contribution in [0, 0.1) is 0 Å². The molecule has 1 aliphatic rings. The Labute approximate surface area is 135 Å². The number of para-hydroxylation sites is 1. The number of benzene rings is 1. The summed E-state index contributed by atoms with van der Waals surface area (Å²) in [5.74, 6) is -1.56. The van der Waals surface area contributed by atoms with Crippen molar-refractivity contribution in [3.05, 3.63) is 28.7 Å². The molecule has 0 atom stereocenters. The third-order valence-corrected chi connectivity index (χ3v) is 3.33. The summed E-state index contributed by atoms with van der Waals surface area (Å²) in [6.45, 7) is -0.605. The molecule has 0 aliphatic carbocycles. The fourth-order valence-corrected chi connectivity index (χ4v) is 2.43. The number of rotatable bonds is 2. The van der Waals surface area contributed by atoms with E-state index in [1.54, 1.807) is 25.2 Å². The summed E-state index contributed by atoms with van der Waals surface area (Å²) in [4.78, 5) is 36.2. The van der Waals surface area contributed by atoms with Gasteiger partial charge in [-0.2, -0.15) is 0 Å². The van der Waals surface area contributed by atoms with Crippen LogP contribution in [0.15, 0.2) is 23.0 Å². The fraction of sp³-hybridized carbons (Fsp3) is 0.250. The Morgan fingerprint density at radius 2 is 2.05 bits per heavy atom. The number of anilines is 1. The van der Waals surface area contributed by atoms with Crippen LogP contribution in [0.1, 0.15) is 0 Å². The second-order valence-corrected chi connectivity index (χ2v) is 4.42. The van der Waals surface area contributed by atoms with E-state index in [2.05, 4.69) is 0 Å². The first kappa shape index (κ1) is 14.8. The standard InChI is InChI=1S/C12H11N3O4.Na/c1-13-7-3-2-4-8-11(7)15(5-9(13)16)12(19)14(8)6-10(17)18;/h2-4H,5-6H2,1H3,(H,17,18);/q;+1/p-1. The quantitative estimate of drug-likeness (QED) is 0.520. The van der Waals surface area contributed by atoms with Crippen molar-refractivity contribution in [1.82, 2.24) is 9.13 Å². The Kier molecular flexibility index (Phi) is 3.77. The minimum atomic E-state index is -1.34. The van der Waals surface area contributed by atoms with Gasteiger partial charge in [0.05, 0.1) is 29.2 Å². The van der Waals surface area contributed by atoms with Crippen LogP contribution in [-0.4, -0.2) is 28.1 Å². The summed E-state index contributed by atoms with van der Waals surface area (Å²) in [6.07, 6.45) is 0. The van der Waals surface area contributed by atoms with E-state index >= 15 is 0 Å². The van der Waals surface area contributed by atoms with Gasteiger partial charge in [-0.15, -0.1) is 0 Å². The van der Waals surface area contributed by atoms with Crippen LogP contribution in [0.2, 0.25) is 0 Å². The van der Waals surface area contributed by atoms with Crippen LogP contribution in [0.5, 0.6) is 0 Å². The smallest absolute Gasteiger partial charge is 0.548 e. The number of carboxylic acid groups (broad SMARTS) is 1. The molecule has 7 nitrogen and oxygen atoms in total. The maximum Gasteiger partial charge on any atom is 1.00 e. The van der Waals surface area contributed by atoms with Crippen molar-refractivity contribution >= 4 is 28.6 Å². The van der Waals surface area contributed by atoms with Gasteiger partial charge < -0.3 is 14.8 Å². The topological polar surface area (TPSA) is 87.4 Å². The molecule has 0 saturated heterocycles. The molecule has 2 heterocycles. The van der Waals surface area contributed by atoms with Crippen molar-refractivity contribution in [2.75, 3.05) is 11.9 Å². The predicted molar refractivity (Wildman–Crippen MR) is 64.6 cm³/mol. The molecule has 1 aliphatic heterocycles. The van der Waals surface area contributed by atoms with Gasteiger partial charge in [-0.1, -0.05) is 6.07 Å². The molecule has 20 heavy (non-hydrogen) atoms. The third kappa shape index (κ3) is 1.98. The summed E-state index contributed by atoms with van der Waals surface area (Å²) >= 11 is 0. The molecule has 0 saturated carbocycles. The van der Waals surface area contributed by atoms with Gasteiger partial charge in [0.25, 0.3) is 0 Å². The zero-order valence-corrected chi connectivity index (χ0v) is 13.1. The summed E-state index contributed by atoms with van der Waals surface area (Å²) in [7, 11) is 1.63. The molecule has 1 aromatic heterocycles. The first-order valence-electron chi connectivity index (χ1n) is 5.69. The molecule has 0 fully saturated rings. The van der Waals surface area contributed by atoms with Gasteiger partial charge in [0.15, 0.2) is 0 Å². The number of carbonyl (C=O) groups is 2. The molecule has 0 unspecified atom stereocenters. The van der Waals surface area contributed by atoms with E-state index in [9.17, 15) is 19.5 Å². The number of amides is 1. The monoisotopic (exact) mass is 283 g/mol. The van der Waals surface area contributed by atoms with Crippen molar-refractivity contribution in [1.29, 1.82) is 0 Å². The van der Waals surface area contributed by atoms with Crippen molar-refractivity contribution in [3.63, 3.8) is 0 Å². The zero-order valence-electron chi connectivity index (χ0n) is 11.1. The first-order chi connectivity index (χ1) is 9.00. The number of likely N-dealkylation sites (N-methyl/N-ethyl adjacent to an activating group) is 1. The largest absolute Gasteiger partial charge is 1.00 e. The summed E-state index contributed by atoms with van der Waals surface area (Å²) < 4.78 is 2.41. The minimum absolute atomic E-state index is 0. The zero-order chi connectivity index (χ0) is 13.7. The van der Waals surface area contributed by atoms with Crippen LogP contribution < -0.4 is 45.3 Å². The van der Waals surface area contributed by atoms with E-state index in [0.717, 1.165) is 4.57 Å². The molecular weight excluding hydrogens is 273 g/mol. The molecule has 0 radical (unpaired) electrons. The van der Waals surface area contributed by atoms with Gasteiger partial charge in [0.2, 0.25) is 5.91 Å². The van der Waals surface area contributed by atoms with Crippen LogP contribution in [0.3, 0.4) is 0 Å². The first-order valence-corrected chi connectivity index (χ1v) is 5.69. The van der Waals surface area contributed by atoms with Crippen molar-refractivity contribution in [3.8, 4) is 0 Å². The molecule has 0 bridgehead atoms. The fourth-order valence-electron chi connectivity index (χ4n) is 2.43. The van der Waals surface area contributed by atoms with E-state index in [1.807, 2.05) is 0 Å². The van der Waals surface area contributed by atoms with Crippen LogP contribution in [0.25, 0.3) is 11.0 Å². The van der Waals surface area contributed by atoms with Crippen LogP contribution >= 0.6 is 0 Å². The number of aliphatic carboxylic acids is 1. The van der Waals surface area contributed by atoms with Gasteiger partial charge in [0, 0.05) is 7.05 Å². The normalized spacial score (nSPS) is 13.4. The molecule has 1 aromatic carbocycles. The predicted octanol–water partition coefficient (Wildman–Crippen LogP) is -4.47. The Bertz CT molecular complexity index is 777. The van der Waals surface area contributed by atoms with Crippen molar-refractivity contribution < 1.29 is 44.3 Å². The Hall–Kier alpha value is -1.57. The molecular formula is C12H10N3NaO4. The Balaban J connectivity index is 0.00000147. The van der Waals surface area contributed by atoms with Gasteiger partial charge in [-0.25, -0.2) is 4.79 Å². The van der Waals surface area contributed by atoms with Crippen LogP contribution in [0.4, 0.5) is 5.69 Å². The molecule has 0 spiro atoms. The van der Waals surface area contributed by atoms with Crippen molar-refractivity contribution in [2.45, 2.75) is 13.1 Å². The minimum Gasteiger partial charge on any atom is -0.548 e. The number of nitrogens with zero attached hydrogens (tertiary/aromatic N) is 3. The van der Waals surface area contributed by atoms with Gasteiger partial charge in [0.1, 0.15) is 6.54 Å². The molecule has 2 aromatic rings. The number of hydrogen-bond acceptors (Lipinski definition) is 4. The molecule has 3 rings (SSSR count). The summed E-state index contributed by atoms with van der Waals surface area (Å²) in [6, 6.07) is 5.06. The number of imidazole rings is 1. The second kappa shape index (κ2) is 5.08. The maximum atomic E-state index is 12.2. The molecule has 98 valence electrons. The van der Waals surface area contributed by atoms with E-state index in [0.29, 0.717) is 16.7 Å². The molecule has 8 heteroatoms. The maximum absolute atomic E-state index is 12.2. The van der Waals surface area contributed by atoms with Gasteiger partial charge >= 0.3 is 35.2 Å². The Morgan fingerprint density at radius 3 is 2.70 bits per heavy atom. The van der Waals surface area contributed by atoms with Gasteiger partial charge in [-0.3, -0.25) is 13.9 Å². The van der Waals surface area contributed by atoms with Gasteiger partial charge in [-0.05, 0) is 12.1 Å². The van der Waals surface area contributed by atoms with Crippen LogP contribution in [-0.2, 0) is 22.7 Å². The average Bonchev–Trinajstić information content (AvgIpc) is 2.62. The summed E-state index contributed by atoms with van der Waals surface area (Å²) in [5, 5.41) is 10.7.